The number of anilines is 2. The zero-order chi connectivity index (χ0) is 18.6. The molecule has 0 saturated heterocycles. The van der Waals surface area contributed by atoms with E-state index >= 15 is 0 Å². The maximum absolute atomic E-state index is 6.05. The Morgan fingerprint density at radius 1 is 0.444 bits per heavy atom. The van der Waals surface area contributed by atoms with Crippen LogP contribution in [0.25, 0.3) is 22.3 Å². The SMILES string of the molecule is Nc1ccccc1-c1ccc(Oc2ccc(-c3ccccc3N)cc2)cc1. The number of hydrogen-bond acceptors (Lipinski definition) is 3. The molecule has 4 aromatic rings. The molecule has 0 saturated carbocycles. The Kier molecular flexibility index (Phi) is 4.50. The van der Waals surface area contributed by atoms with E-state index in [4.69, 9.17) is 16.2 Å². The van der Waals surface area contributed by atoms with E-state index in [0.29, 0.717) is 0 Å². The van der Waals surface area contributed by atoms with E-state index in [1.807, 2.05) is 97.1 Å². The van der Waals surface area contributed by atoms with Gasteiger partial charge in [-0.3, -0.25) is 0 Å². The summed E-state index contributed by atoms with van der Waals surface area (Å²) in [5, 5.41) is 0. The van der Waals surface area contributed by atoms with E-state index in [2.05, 4.69) is 0 Å². The minimum atomic E-state index is 0.766. The van der Waals surface area contributed by atoms with E-state index in [9.17, 15) is 0 Å². The topological polar surface area (TPSA) is 61.3 Å². The molecule has 3 nitrogen and oxygen atoms in total. The van der Waals surface area contributed by atoms with Crippen LogP contribution < -0.4 is 16.2 Å². The fourth-order valence-corrected chi connectivity index (χ4v) is 3.06. The molecule has 0 aliphatic heterocycles. The van der Waals surface area contributed by atoms with Gasteiger partial charge in [-0.15, -0.1) is 0 Å². The molecule has 0 aliphatic rings. The number of ether oxygens (including phenoxy) is 1. The van der Waals surface area contributed by atoms with Gasteiger partial charge in [-0.1, -0.05) is 60.7 Å². The normalized spacial score (nSPS) is 10.5. The molecule has 4 aromatic carbocycles. The van der Waals surface area contributed by atoms with Gasteiger partial charge < -0.3 is 16.2 Å². The Balaban J connectivity index is 1.51. The average molecular weight is 352 g/mol. The number of rotatable bonds is 4. The summed E-state index contributed by atoms with van der Waals surface area (Å²) >= 11 is 0. The second-order valence-electron chi connectivity index (χ2n) is 6.33. The third-order valence-corrected chi connectivity index (χ3v) is 4.49. The quantitative estimate of drug-likeness (QED) is 0.444. The highest BCUT2D eigenvalue weighted by Crippen LogP contribution is 2.31. The van der Waals surface area contributed by atoms with Crippen LogP contribution in [-0.4, -0.2) is 0 Å². The Morgan fingerprint density at radius 3 is 1.19 bits per heavy atom. The molecule has 0 atom stereocenters. The monoisotopic (exact) mass is 352 g/mol. The molecule has 27 heavy (non-hydrogen) atoms. The largest absolute Gasteiger partial charge is 0.457 e. The molecular formula is C24H20N2O. The van der Waals surface area contributed by atoms with E-state index < -0.39 is 0 Å². The summed E-state index contributed by atoms with van der Waals surface area (Å²) in [6.07, 6.45) is 0. The highest BCUT2D eigenvalue weighted by molar-refractivity contribution is 5.77. The number of hydrogen-bond donors (Lipinski definition) is 2. The lowest BCUT2D eigenvalue weighted by Gasteiger charge is -2.10. The highest BCUT2D eigenvalue weighted by Gasteiger charge is 2.05. The molecular weight excluding hydrogens is 332 g/mol. The van der Waals surface area contributed by atoms with Crippen LogP contribution in [0.3, 0.4) is 0 Å². The van der Waals surface area contributed by atoms with Gasteiger partial charge in [-0.05, 0) is 47.5 Å². The molecule has 132 valence electrons. The number of nitrogens with two attached hydrogens (primary N) is 2. The molecule has 0 amide bonds. The van der Waals surface area contributed by atoms with Gasteiger partial charge in [-0.25, -0.2) is 0 Å². The van der Waals surface area contributed by atoms with Crippen molar-refractivity contribution < 1.29 is 4.74 Å². The zero-order valence-corrected chi connectivity index (χ0v) is 14.8. The van der Waals surface area contributed by atoms with Gasteiger partial charge in [0.1, 0.15) is 11.5 Å². The van der Waals surface area contributed by atoms with Crippen molar-refractivity contribution in [1.29, 1.82) is 0 Å². The second-order valence-corrected chi connectivity index (χ2v) is 6.33. The first-order valence-corrected chi connectivity index (χ1v) is 8.78. The third-order valence-electron chi connectivity index (χ3n) is 4.49. The van der Waals surface area contributed by atoms with Gasteiger partial charge in [0.2, 0.25) is 0 Å². The minimum Gasteiger partial charge on any atom is -0.457 e. The van der Waals surface area contributed by atoms with Gasteiger partial charge in [0.15, 0.2) is 0 Å². The predicted octanol–water partition coefficient (Wildman–Crippen LogP) is 5.98. The molecule has 0 unspecified atom stereocenters. The third kappa shape index (κ3) is 3.62. The zero-order valence-electron chi connectivity index (χ0n) is 14.8. The minimum absolute atomic E-state index is 0.766. The van der Waals surface area contributed by atoms with Gasteiger partial charge in [0.25, 0.3) is 0 Å². The van der Waals surface area contributed by atoms with Crippen LogP contribution in [0.15, 0.2) is 97.1 Å². The van der Waals surface area contributed by atoms with Gasteiger partial charge in [-0.2, -0.15) is 0 Å². The van der Waals surface area contributed by atoms with Crippen LogP contribution in [0.4, 0.5) is 11.4 Å². The lowest BCUT2D eigenvalue weighted by Crippen LogP contribution is -1.90. The van der Waals surface area contributed by atoms with E-state index in [0.717, 1.165) is 45.1 Å². The molecule has 4 N–H and O–H groups in total. The fourth-order valence-electron chi connectivity index (χ4n) is 3.06. The van der Waals surface area contributed by atoms with Crippen molar-refractivity contribution in [2.75, 3.05) is 11.5 Å². The molecule has 4 rings (SSSR count). The second kappa shape index (κ2) is 7.26. The summed E-state index contributed by atoms with van der Waals surface area (Å²) in [5.74, 6) is 1.56. The number of para-hydroxylation sites is 2. The van der Waals surface area contributed by atoms with Crippen molar-refractivity contribution in [2.45, 2.75) is 0 Å². The lowest BCUT2D eigenvalue weighted by molar-refractivity contribution is 0.483. The summed E-state index contributed by atoms with van der Waals surface area (Å²) < 4.78 is 5.96. The van der Waals surface area contributed by atoms with Crippen LogP contribution in [0.1, 0.15) is 0 Å². The Labute approximate surface area is 158 Å². The van der Waals surface area contributed by atoms with Crippen molar-refractivity contribution in [2.24, 2.45) is 0 Å². The number of benzene rings is 4. The van der Waals surface area contributed by atoms with Gasteiger partial charge in [0, 0.05) is 22.5 Å². The molecule has 0 aromatic heterocycles. The Bertz CT molecular complexity index is 967. The summed E-state index contributed by atoms with van der Waals surface area (Å²) in [6, 6.07) is 31.5. The first-order chi connectivity index (χ1) is 13.2. The molecule has 0 radical (unpaired) electrons. The molecule has 3 heteroatoms. The Morgan fingerprint density at radius 2 is 0.815 bits per heavy atom. The van der Waals surface area contributed by atoms with E-state index in [1.165, 1.54) is 0 Å². The molecule has 0 fully saturated rings. The van der Waals surface area contributed by atoms with Crippen LogP contribution in [0, 0.1) is 0 Å². The van der Waals surface area contributed by atoms with Crippen molar-refractivity contribution in [3.05, 3.63) is 97.1 Å². The first-order valence-electron chi connectivity index (χ1n) is 8.78. The Hall–Kier alpha value is -3.72. The van der Waals surface area contributed by atoms with Crippen LogP contribution in [0.5, 0.6) is 11.5 Å². The van der Waals surface area contributed by atoms with E-state index in [1.54, 1.807) is 0 Å². The predicted molar refractivity (Wildman–Crippen MR) is 113 cm³/mol. The number of nitrogen functional groups attached to an aromatic ring is 2. The summed E-state index contributed by atoms with van der Waals surface area (Å²) in [4.78, 5) is 0. The van der Waals surface area contributed by atoms with Crippen LogP contribution in [-0.2, 0) is 0 Å². The highest BCUT2D eigenvalue weighted by atomic mass is 16.5. The summed E-state index contributed by atoms with van der Waals surface area (Å²) in [7, 11) is 0. The molecule has 0 aliphatic carbocycles. The maximum atomic E-state index is 6.05. The molecule has 0 bridgehead atoms. The summed E-state index contributed by atoms with van der Waals surface area (Å²) in [5.41, 5.74) is 17.8. The molecule has 0 spiro atoms. The molecule has 0 heterocycles. The van der Waals surface area contributed by atoms with E-state index in [-0.39, 0.29) is 0 Å². The van der Waals surface area contributed by atoms with Crippen molar-refractivity contribution in [3.63, 3.8) is 0 Å². The lowest BCUT2D eigenvalue weighted by atomic mass is 10.0. The van der Waals surface area contributed by atoms with Crippen molar-refractivity contribution in [3.8, 4) is 33.8 Å². The maximum Gasteiger partial charge on any atom is 0.127 e. The van der Waals surface area contributed by atoms with Crippen LogP contribution in [0.2, 0.25) is 0 Å². The smallest absolute Gasteiger partial charge is 0.127 e. The van der Waals surface area contributed by atoms with Crippen molar-refractivity contribution in [1.82, 2.24) is 0 Å². The summed E-state index contributed by atoms with van der Waals surface area (Å²) in [6.45, 7) is 0. The average Bonchev–Trinajstić information content (AvgIpc) is 2.70. The van der Waals surface area contributed by atoms with Gasteiger partial charge in [0.05, 0.1) is 0 Å². The van der Waals surface area contributed by atoms with Gasteiger partial charge >= 0.3 is 0 Å². The van der Waals surface area contributed by atoms with Crippen LogP contribution >= 0.6 is 0 Å². The standard InChI is InChI=1S/C24H20N2O/c25-23-7-3-1-5-21(23)17-9-13-19(14-10-17)27-20-15-11-18(12-16-20)22-6-2-4-8-24(22)26/h1-16H,25-26H2. The van der Waals surface area contributed by atoms with Crippen molar-refractivity contribution >= 4 is 11.4 Å². The fraction of sp³-hybridized carbons (Fsp3) is 0. The first kappa shape index (κ1) is 16.7.